The minimum atomic E-state index is 0. The van der Waals surface area contributed by atoms with Crippen LogP contribution in [0.25, 0.3) is 0 Å². The molecule has 0 aliphatic carbocycles. The van der Waals surface area contributed by atoms with Gasteiger partial charge in [0.2, 0.25) is 5.91 Å². The molecule has 2 fully saturated rings. The van der Waals surface area contributed by atoms with E-state index in [0.717, 1.165) is 49.5 Å². The van der Waals surface area contributed by atoms with Gasteiger partial charge in [0, 0.05) is 24.6 Å². The first-order valence-corrected chi connectivity index (χ1v) is 9.86. The molecule has 2 aliphatic heterocycles. The second-order valence-electron chi connectivity index (χ2n) is 7.62. The van der Waals surface area contributed by atoms with Crippen LogP contribution >= 0.6 is 12.4 Å². The fraction of sp³-hybridized carbons (Fsp3) is 0.667. The Morgan fingerprint density at radius 2 is 1.96 bits per heavy atom. The van der Waals surface area contributed by atoms with E-state index in [1.165, 1.54) is 12.8 Å². The summed E-state index contributed by atoms with van der Waals surface area (Å²) in [6, 6.07) is 6.03. The smallest absolute Gasteiger partial charge is 0.223 e. The van der Waals surface area contributed by atoms with Crippen molar-refractivity contribution in [2.24, 2.45) is 11.8 Å². The highest BCUT2D eigenvalue weighted by Gasteiger charge is 2.33. The lowest BCUT2D eigenvalue weighted by atomic mass is 9.84. The number of hydrogen-bond donors (Lipinski definition) is 1. The molecule has 6 heteroatoms. The second kappa shape index (κ2) is 10.2. The number of nitrogens with zero attached hydrogens (tertiary/aromatic N) is 1. The molecule has 0 spiro atoms. The number of rotatable bonds is 6. The lowest BCUT2D eigenvalue weighted by Gasteiger charge is -2.31. The van der Waals surface area contributed by atoms with Crippen LogP contribution < -0.4 is 14.8 Å². The van der Waals surface area contributed by atoms with Crippen LogP contribution in [0, 0.1) is 11.8 Å². The molecule has 1 aromatic carbocycles. The van der Waals surface area contributed by atoms with Gasteiger partial charge < -0.3 is 19.7 Å². The van der Waals surface area contributed by atoms with E-state index in [4.69, 9.17) is 9.47 Å². The fourth-order valence-corrected chi connectivity index (χ4v) is 4.45. The summed E-state index contributed by atoms with van der Waals surface area (Å²) in [7, 11) is 3.33. The summed E-state index contributed by atoms with van der Waals surface area (Å²) < 4.78 is 10.9. The van der Waals surface area contributed by atoms with E-state index in [2.05, 4.69) is 17.1 Å². The maximum Gasteiger partial charge on any atom is 0.223 e. The molecule has 2 atom stereocenters. The molecule has 5 nitrogen and oxygen atoms in total. The molecule has 152 valence electrons. The summed E-state index contributed by atoms with van der Waals surface area (Å²) >= 11 is 0. The summed E-state index contributed by atoms with van der Waals surface area (Å²) in [5.74, 6) is 2.98. The number of benzene rings is 1. The first-order chi connectivity index (χ1) is 12.6. The van der Waals surface area contributed by atoms with E-state index in [9.17, 15) is 4.79 Å². The molecule has 1 N–H and O–H groups in total. The van der Waals surface area contributed by atoms with E-state index in [-0.39, 0.29) is 24.4 Å². The van der Waals surface area contributed by atoms with Crippen molar-refractivity contribution >= 4 is 18.3 Å². The van der Waals surface area contributed by atoms with Crippen LogP contribution in [0.4, 0.5) is 0 Å². The average molecular weight is 397 g/mol. The Kier molecular flexibility index (Phi) is 8.24. The van der Waals surface area contributed by atoms with E-state index < -0.39 is 0 Å². The van der Waals surface area contributed by atoms with E-state index in [0.29, 0.717) is 18.3 Å². The third kappa shape index (κ3) is 5.08. The number of piperidine rings is 1. The number of carbonyl (C=O) groups is 1. The molecule has 1 aromatic rings. The summed E-state index contributed by atoms with van der Waals surface area (Å²) in [6.45, 7) is 5.25. The maximum atomic E-state index is 13.0. The molecule has 2 saturated heterocycles. The van der Waals surface area contributed by atoms with Gasteiger partial charge in [-0.15, -0.1) is 12.4 Å². The monoisotopic (exact) mass is 396 g/mol. The summed E-state index contributed by atoms with van der Waals surface area (Å²) in [5.41, 5.74) is 1.09. The number of ether oxygens (including phenoxy) is 2. The molecule has 2 aliphatic rings. The van der Waals surface area contributed by atoms with Gasteiger partial charge in [0.1, 0.15) is 11.5 Å². The van der Waals surface area contributed by atoms with Gasteiger partial charge in [-0.3, -0.25) is 4.79 Å². The fourth-order valence-electron chi connectivity index (χ4n) is 4.45. The zero-order valence-electron chi connectivity index (χ0n) is 16.7. The SMILES string of the molecule is COc1ccc(C2CCCN2C(=O)CC(C)C2CCNCC2)c(OC)c1.Cl. The Morgan fingerprint density at radius 1 is 1.22 bits per heavy atom. The van der Waals surface area contributed by atoms with Gasteiger partial charge in [0.25, 0.3) is 0 Å². The Bertz CT molecular complexity index is 619. The number of methoxy groups -OCH3 is 2. The number of nitrogens with one attached hydrogen (secondary N) is 1. The number of likely N-dealkylation sites (tertiary alicyclic amines) is 1. The number of carbonyl (C=O) groups excluding carboxylic acids is 1. The molecule has 0 radical (unpaired) electrons. The molecule has 2 heterocycles. The minimum absolute atomic E-state index is 0. The van der Waals surface area contributed by atoms with Crippen molar-refractivity contribution in [2.45, 2.75) is 45.1 Å². The quantitative estimate of drug-likeness (QED) is 0.794. The van der Waals surface area contributed by atoms with Gasteiger partial charge in [-0.25, -0.2) is 0 Å². The first-order valence-electron chi connectivity index (χ1n) is 9.86. The Hall–Kier alpha value is -1.46. The first kappa shape index (κ1) is 21.8. The summed E-state index contributed by atoms with van der Waals surface area (Å²) in [6.07, 6.45) is 5.07. The molecule has 2 unspecified atom stereocenters. The molecular weight excluding hydrogens is 364 g/mol. The van der Waals surface area contributed by atoms with Crippen LogP contribution in [0.2, 0.25) is 0 Å². The van der Waals surface area contributed by atoms with Crippen LogP contribution in [0.1, 0.15) is 50.6 Å². The third-order valence-electron chi connectivity index (χ3n) is 6.06. The second-order valence-corrected chi connectivity index (χ2v) is 7.62. The summed E-state index contributed by atoms with van der Waals surface area (Å²) in [5, 5.41) is 3.41. The van der Waals surface area contributed by atoms with E-state index in [1.54, 1.807) is 14.2 Å². The summed E-state index contributed by atoms with van der Waals surface area (Å²) in [4.78, 5) is 15.1. The van der Waals surface area contributed by atoms with Gasteiger partial charge in [-0.2, -0.15) is 0 Å². The van der Waals surface area contributed by atoms with Crippen LogP contribution in [0.15, 0.2) is 18.2 Å². The van der Waals surface area contributed by atoms with Gasteiger partial charge >= 0.3 is 0 Å². The lowest BCUT2D eigenvalue weighted by Crippen LogP contribution is -2.35. The molecule has 0 saturated carbocycles. The van der Waals surface area contributed by atoms with Crippen molar-refractivity contribution in [3.05, 3.63) is 23.8 Å². The molecule has 1 amide bonds. The third-order valence-corrected chi connectivity index (χ3v) is 6.06. The highest BCUT2D eigenvalue weighted by molar-refractivity contribution is 5.85. The van der Waals surface area contributed by atoms with Crippen LogP contribution in [-0.4, -0.2) is 44.7 Å². The van der Waals surface area contributed by atoms with Crippen LogP contribution in [0.5, 0.6) is 11.5 Å². The van der Waals surface area contributed by atoms with Gasteiger partial charge in [-0.1, -0.05) is 6.92 Å². The van der Waals surface area contributed by atoms with Crippen molar-refractivity contribution in [1.82, 2.24) is 10.2 Å². The Labute approximate surface area is 169 Å². The average Bonchev–Trinajstić information content (AvgIpc) is 3.17. The highest BCUT2D eigenvalue weighted by atomic mass is 35.5. The number of hydrogen-bond acceptors (Lipinski definition) is 4. The zero-order valence-corrected chi connectivity index (χ0v) is 17.5. The topological polar surface area (TPSA) is 50.8 Å². The zero-order chi connectivity index (χ0) is 18.5. The van der Waals surface area contributed by atoms with Gasteiger partial charge in [-0.05, 0) is 62.7 Å². The lowest BCUT2D eigenvalue weighted by molar-refractivity contribution is -0.133. The highest BCUT2D eigenvalue weighted by Crippen LogP contribution is 2.39. The normalized spacial score (nSPS) is 21.4. The maximum absolute atomic E-state index is 13.0. The predicted octanol–water partition coefficient (Wildman–Crippen LogP) is 3.81. The predicted molar refractivity (Wildman–Crippen MR) is 110 cm³/mol. The van der Waals surface area contributed by atoms with Crippen LogP contribution in [-0.2, 0) is 4.79 Å². The molecule has 27 heavy (non-hydrogen) atoms. The van der Waals surface area contributed by atoms with Crippen molar-refractivity contribution in [3.8, 4) is 11.5 Å². The van der Waals surface area contributed by atoms with Crippen molar-refractivity contribution < 1.29 is 14.3 Å². The van der Waals surface area contributed by atoms with Crippen molar-refractivity contribution in [1.29, 1.82) is 0 Å². The van der Waals surface area contributed by atoms with Crippen molar-refractivity contribution in [2.75, 3.05) is 33.9 Å². The van der Waals surface area contributed by atoms with E-state index in [1.807, 2.05) is 18.2 Å². The van der Waals surface area contributed by atoms with Crippen LogP contribution in [0.3, 0.4) is 0 Å². The molecule has 0 aromatic heterocycles. The number of amides is 1. The Balaban J connectivity index is 0.00000261. The van der Waals surface area contributed by atoms with E-state index >= 15 is 0 Å². The molecular formula is C21H33ClN2O3. The minimum Gasteiger partial charge on any atom is -0.497 e. The van der Waals surface area contributed by atoms with Crippen molar-refractivity contribution in [3.63, 3.8) is 0 Å². The van der Waals surface area contributed by atoms with Gasteiger partial charge in [0.05, 0.1) is 20.3 Å². The standard InChI is InChI=1S/C21H32N2O3.ClH/c1-15(16-8-10-22-11-9-16)13-21(24)23-12-4-5-19(23)18-7-6-17(25-2)14-20(18)26-3;/h6-7,14-16,19,22H,4-5,8-13H2,1-3H3;1H. The molecule has 0 bridgehead atoms. The molecule has 3 rings (SSSR count). The van der Waals surface area contributed by atoms with Gasteiger partial charge in [0.15, 0.2) is 0 Å². The largest absolute Gasteiger partial charge is 0.497 e. The number of halogens is 1. The Morgan fingerprint density at radius 3 is 2.63 bits per heavy atom.